The minimum absolute atomic E-state index is 0.718. The van der Waals surface area contributed by atoms with Gasteiger partial charge in [-0.2, -0.15) is 0 Å². The SMILES string of the molecule is C1=CN=C2NCCC2C1. The Morgan fingerprint density at radius 1 is 1.67 bits per heavy atom. The van der Waals surface area contributed by atoms with Crippen LogP contribution in [0.2, 0.25) is 0 Å². The maximum Gasteiger partial charge on any atom is 0.105 e. The van der Waals surface area contributed by atoms with Crippen molar-refractivity contribution in [2.75, 3.05) is 6.54 Å². The molecular formula is C7H10N2. The average Bonchev–Trinajstić information content (AvgIpc) is 2.33. The number of hydrogen-bond acceptors (Lipinski definition) is 2. The lowest BCUT2D eigenvalue weighted by atomic mass is 10.0. The molecule has 1 fully saturated rings. The van der Waals surface area contributed by atoms with E-state index in [1.165, 1.54) is 18.7 Å². The summed E-state index contributed by atoms with van der Waals surface area (Å²) in [7, 11) is 0. The Kier molecular flexibility index (Phi) is 1.04. The smallest absolute Gasteiger partial charge is 0.105 e. The fourth-order valence-electron chi connectivity index (χ4n) is 1.39. The van der Waals surface area contributed by atoms with Gasteiger partial charge in [0.2, 0.25) is 0 Å². The van der Waals surface area contributed by atoms with Crippen molar-refractivity contribution < 1.29 is 0 Å². The molecule has 2 aliphatic heterocycles. The summed E-state index contributed by atoms with van der Waals surface area (Å²) < 4.78 is 0. The van der Waals surface area contributed by atoms with Crippen molar-refractivity contribution in [3.05, 3.63) is 12.3 Å². The van der Waals surface area contributed by atoms with Crippen LogP contribution in [0.4, 0.5) is 0 Å². The lowest BCUT2D eigenvalue weighted by Gasteiger charge is -2.08. The summed E-state index contributed by atoms with van der Waals surface area (Å²) in [5.41, 5.74) is 0. The normalized spacial score (nSPS) is 31.1. The Morgan fingerprint density at radius 3 is 3.56 bits per heavy atom. The molecule has 0 aromatic carbocycles. The molecule has 1 N–H and O–H groups in total. The predicted molar refractivity (Wildman–Crippen MR) is 37.3 cm³/mol. The molecule has 48 valence electrons. The number of allylic oxidation sites excluding steroid dienone is 1. The fourth-order valence-corrected chi connectivity index (χ4v) is 1.39. The van der Waals surface area contributed by atoms with Crippen molar-refractivity contribution >= 4 is 5.84 Å². The number of aliphatic imine (C=N–C) groups is 1. The lowest BCUT2D eigenvalue weighted by molar-refractivity contribution is 0.691. The molecule has 0 radical (unpaired) electrons. The molecule has 2 heterocycles. The van der Waals surface area contributed by atoms with E-state index in [0.717, 1.165) is 12.5 Å². The van der Waals surface area contributed by atoms with Gasteiger partial charge in [0, 0.05) is 18.7 Å². The first-order valence-corrected chi connectivity index (χ1v) is 3.43. The van der Waals surface area contributed by atoms with E-state index in [4.69, 9.17) is 0 Å². The number of nitrogens with zero attached hydrogens (tertiary/aromatic N) is 1. The molecule has 0 bridgehead atoms. The Balaban J connectivity index is 2.23. The Bertz CT molecular complexity index is 170. The Hall–Kier alpha value is -0.790. The van der Waals surface area contributed by atoms with E-state index in [0.29, 0.717) is 0 Å². The third-order valence-electron chi connectivity index (χ3n) is 1.93. The van der Waals surface area contributed by atoms with Crippen molar-refractivity contribution in [2.45, 2.75) is 12.8 Å². The summed E-state index contributed by atoms with van der Waals surface area (Å²) in [6, 6.07) is 0. The van der Waals surface area contributed by atoms with E-state index >= 15 is 0 Å². The Morgan fingerprint density at radius 2 is 2.67 bits per heavy atom. The minimum atomic E-state index is 0.718. The van der Waals surface area contributed by atoms with Gasteiger partial charge < -0.3 is 5.32 Å². The summed E-state index contributed by atoms with van der Waals surface area (Å²) in [4.78, 5) is 4.22. The van der Waals surface area contributed by atoms with E-state index in [9.17, 15) is 0 Å². The van der Waals surface area contributed by atoms with E-state index in [-0.39, 0.29) is 0 Å². The minimum Gasteiger partial charge on any atom is -0.373 e. The second-order valence-corrected chi connectivity index (χ2v) is 2.55. The lowest BCUT2D eigenvalue weighted by Crippen LogP contribution is -2.20. The van der Waals surface area contributed by atoms with Gasteiger partial charge in [-0.1, -0.05) is 6.08 Å². The average molecular weight is 122 g/mol. The summed E-state index contributed by atoms with van der Waals surface area (Å²) >= 11 is 0. The molecule has 2 heteroatoms. The molecule has 1 atom stereocenters. The van der Waals surface area contributed by atoms with Gasteiger partial charge in [0.25, 0.3) is 0 Å². The van der Waals surface area contributed by atoms with Crippen molar-refractivity contribution in [3.8, 4) is 0 Å². The van der Waals surface area contributed by atoms with Crippen LogP contribution < -0.4 is 5.32 Å². The fraction of sp³-hybridized carbons (Fsp3) is 0.571. The molecule has 2 aliphatic rings. The van der Waals surface area contributed by atoms with E-state index in [1.54, 1.807) is 0 Å². The zero-order valence-corrected chi connectivity index (χ0v) is 5.30. The third kappa shape index (κ3) is 0.745. The molecule has 1 unspecified atom stereocenters. The van der Waals surface area contributed by atoms with Gasteiger partial charge in [0.1, 0.15) is 5.84 Å². The maximum absolute atomic E-state index is 4.22. The summed E-state index contributed by atoms with van der Waals surface area (Å²) in [6.45, 7) is 1.12. The van der Waals surface area contributed by atoms with Gasteiger partial charge in [-0.3, -0.25) is 0 Å². The number of fused-ring (bicyclic) bond motifs is 1. The predicted octanol–water partition coefficient (Wildman–Crippen LogP) is 0.912. The highest BCUT2D eigenvalue weighted by Crippen LogP contribution is 2.18. The summed E-state index contributed by atoms with van der Waals surface area (Å²) in [5.74, 6) is 1.92. The largest absolute Gasteiger partial charge is 0.373 e. The highest BCUT2D eigenvalue weighted by molar-refractivity contribution is 5.87. The van der Waals surface area contributed by atoms with Crippen LogP contribution in [0.25, 0.3) is 0 Å². The third-order valence-corrected chi connectivity index (χ3v) is 1.93. The van der Waals surface area contributed by atoms with Gasteiger partial charge >= 0.3 is 0 Å². The monoisotopic (exact) mass is 122 g/mol. The van der Waals surface area contributed by atoms with Crippen molar-refractivity contribution in [2.24, 2.45) is 10.9 Å². The van der Waals surface area contributed by atoms with Crippen LogP contribution in [-0.4, -0.2) is 12.4 Å². The van der Waals surface area contributed by atoms with Crippen LogP contribution in [-0.2, 0) is 0 Å². The van der Waals surface area contributed by atoms with Crippen LogP contribution in [0.5, 0.6) is 0 Å². The highest BCUT2D eigenvalue weighted by atomic mass is 15.0. The molecule has 2 rings (SSSR count). The molecule has 0 aromatic heterocycles. The molecule has 0 aromatic rings. The van der Waals surface area contributed by atoms with Crippen molar-refractivity contribution in [1.29, 1.82) is 0 Å². The van der Waals surface area contributed by atoms with Crippen LogP contribution in [0, 0.1) is 5.92 Å². The standard InChI is InChI=1S/C7H10N2/c1-2-6-3-5-9-7(6)8-4-1/h1,4,6H,2-3,5H2,(H,8,9). The first kappa shape index (κ1) is 5.03. The van der Waals surface area contributed by atoms with Crippen LogP contribution >= 0.6 is 0 Å². The van der Waals surface area contributed by atoms with Gasteiger partial charge in [-0.05, 0) is 12.8 Å². The number of rotatable bonds is 0. The van der Waals surface area contributed by atoms with Crippen LogP contribution in [0.15, 0.2) is 17.3 Å². The number of amidine groups is 1. The maximum atomic E-state index is 4.22. The van der Waals surface area contributed by atoms with Crippen LogP contribution in [0.1, 0.15) is 12.8 Å². The first-order valence-electron chi connectivity index (χ1n) is 3.43. The van der Waals surface area contributed by atoms with Crippen LogP contribution in [0.3, 0.4) is 0 Å². The Labute approximate surface area is 54.7 Å². The molecule has 0 saturated carbocycles. The second-order valence-electron chi connectivity index (χ2n) is 2.55. The highest BCUT2D eigenvalue weighted by Gasteiger charge is 2.21. The first-order chi connectivity index (χ1) is 4.47. The zero-order valence-electron chi connectivity index (χ0n) is 5.30. The number of hydrogen-bond donors (Lipinski definition) is 1. The molecule has 0 amide bonds. The van der Waals surface area contributed by atoms with Gasteiger partial charge in [0.05, 0.1) is 0 Å². The van der Waals surface area contributed by atoms with Gasteiger partial charge in [-0.15, -0.1) is 0 Å². The van der Waals surface area contributed by atoms with E-state index in [2.05, 4.69) is 16.4 Å². The topological polar surface area (TPSA) is 24.4 Å². The summed E-state index contributed by atoms with van der Waals surface area (Å²) in [5, 5.41) is 3.26. The van der Waals surface area contributed by atoms with Crippen molar-refractivity contribution in [1.82, 2.24) is 5.32 Å². The molecular weight excluding hydrogens is 112 g/mol. The molecule has 9 heavy (non-hydrogen) atoms. The van der Waals surface area contributed by atoms with E-state index in [1.807, 2.05) is 6.20 Å². The molecule has 0 spiro atoms. The van der Waals surface area contributed by atoms with Gasteiger partial charge in [-0.25, -0.2) is 4.99 Å². The molecule has 1 saturated heterocycles. The van der Waals surface area contributed by atoms with Gasteiger partial charge in [0.15, 0.2) is 0 Å². The molecule has 0 aliphatic carbocycles. The molecule has 2 nitrogen and oxygen atoms in total. The summed E-state index contributed by atoms with van der Waals surface area (Å²) in [6.07, 6.45) is 6.49. The van der Waals surface area contributed by atoms with E-state index < -0.39 is 0 Å². The quantitative estimate of drug-likeness (QED) is 0.507. The number of nitrogens with one attached hydrogen (secondary N) is 1. The van der Waals surface area contributed by atoms with Crippen molar-refractivity contribution in [3.63, 3.8) is 0 Å². The second kappa shape index (κ2) is 1.87. The zero-order chi connectivity index (χ0) is 6.10.